The summed E-state index contributed by atoms with van der Waals surface area (Å²) in [4.78, 5) is 77.4. The van der Waals surface area contributed by atoms with Gasteiger partial charge in [0.15, 0.2) is 11.6 Å². The number of carbonyl (C=O) groups excluding carboxylic acids is 5. The number of Topliss-reactive ketones (excluding diaryl/α,β-unsaturated/α-hetero) is 2. The lowest BCUT2D eigenvalue weighted by Gasteiger charge is -2.40. The van der Waals surface area contributed by atoms with Gasteiger partial charge in [-0.1, -0.05) is 79.7 Å². The number of nitrogens with one attached hydrogen (secondary N) is 2. The smallest absolute Gasteiger partial charge is 0.304 e. The molecule has 4 saturated carbocycles. The third-order valence-corrected chi connectivity index (χ3v) is 19.0. The summed E-state index contributed by atoms with van der Waals surface area (Å²) in [7, 11) is -4.17. The number of rotatable bonds is 17. The van der Waals surface area contributed by atoms with Crippen LogP contribution in [0.4, 0.5) is 0 Å². The van der Waals surface area contributed by atoms with Crippen molar-refractivity contribution in [3.63, 3.8) is 0 Å². The maximum absolute atomic E-state index is 15.4. The Bertz CT molecular complexity index is 1830. The Hall–Kier alpha value is -2.64. The molecule has 6 rings (SSSR count). The molecule has 4 aliphatic carbocycles. The van der Waals surface area contributed by atoms with Crippen LogP contribution in [0.15, 0.2) is 12.7 Å². The predicted octanol–water partition coefficient (Wildman–Crippen LogP) is 6.98. The van der Waals surface area contributed by atoms with E-state index in [0.717, 1.165) is 77.2 Å². The molecule has 2 N–H and O–H groups in total. The molecule has 6 aliphatic rings. The predicted molar refractivity (Wildman–Crippen MR) is 238 cm³/mol. The first-order valence-corrected chi connectivity index (χ1v) is 25.3. The van der Waals surface area contributed by atoms with Gasteiger partial charge in [0.25, 0.3) is 0 Å². The van der Waals surface area contributed by atoms with Gasteiger partial charge in [0.2, 0.25) is 17.7 Å². The zero-order valence-corrected chi connectivity index (χ0v) is 40.1. The van der Waals surface area contributed by atoms with Crippen LogP contribution in [0, 0.1) is 44.8 Å². The number of nitrogens with zero attached hydrogens (tertiary/aromatic N) is 3. The molecule has 6 fully saturated rings. The fourth-order valence-electron chi connectivity index (χ4n) is 13.1. The molecule has 13 heteroatoms. The highest BCUT2D eigenvalue weighted by molar-refractivity contribution is 7.87. The maximum Gasteiger partial charge on any atom is 0.304 e. The minimum absolute atomic E-state index is 0.000395. The Balaban J connectivity index is 1.28. The first-order chi connectivity index (χ1) is 28.4. The summed E-state index contributed by atoms with van der Waals surface area (Å²) in [5, 5.41) is 3.28. The number of hydrogen-bond donors (Lipinski definition) is 2. The second-order valence-electron chi connectivity index (χ2n) is 22.2. The molecule has 2 saturated heterocycles. The van der Waals surface area contributed by atoms with Crippen LogP contribution < -0.4 is 10.0 Å². The maximum atomic E-state index is 15.4. The van der Waals surface area contributed by atoms with Crippen molar-refractivity contribution in [2.45, 2.75) is 196 Å². The highest BCUT2D eigenvalue weighted by Crippen LogP contribution is 2.88. The average molecular weight is 870 g/mol. The van der Waals surface area contributed by atoms with Gasteiger partial charge in [-0.15, -0.1) is 6.58 Å². The van der Waals surface area contributed by atoms with Gasteiger partial charge in [-0.05, 0) is 114 Å². The van der Waals surface area contributed by atoms with Crippen LogP contribution in [0.2, 0.25) is 0 Å². The molecule has 0 radical (unpaired) electrons. The van der Waals surface area contributed by atoms with E-state index in [1.54, 1.807) is 31.7 Å². The fourth-order valence-corrected chi connectivity index (χ4v) is 14.6. The summed E-state index contributed by atoms with van der Waals surface area (Å²) in [5.74, 6) is -2.54. The van der Waals surface area contributed by atoms with E-state index in [-0.39, 0.29) is 89.0 Å². The molecular formula is C48H79N5O7S. The summed E-state index contributed by atoms with van der Waals surface area (Å²) in [6.45, 7) is 25.2. The largest absolute Gasteiger partial charge is 0.345 e. The standard InChI is InChI=1S/C48H79N5O7S/c1-12-34-27-46(34,43(58)50-61(59,60)53(13-2)32(5)6)29-39(55)37-28-48(45(10,11)47(48)23-19-24-47)30-52(37)42(57)35(44(7,8)9)26-38(54)40(33-20-15-14-16-21-33)49-41(56)36-22-17-18-25-51(36)31(3)4/h12,31-37,40H,1,13-30H2,2-11H3,(H,49,56)(H,50,58)/t34-,35-,36+,37+,40+,46-,48-/m1/s1. The van der Waals surface area contributed by atoms with Gasteiger partial charge in [0, 0.05) is 49.3 Å². The molecule has 0 unspecified atom stereocenters. The van der Waals surface area contributed by atoms with Crippen molar-refractivity contribution in [2.75, 3.05) is 19.6 Å². The van der Waals surface area contributed by atoms with Crippen LogP contribution in [0.5, 0.6) is 0 Å². The lowest BCUT2D eigenvalue weighted by atomic mass is 9.73. The van der Waals surface area contributed by atoms with E-state index in [0.29, 0.717) is 19.4 Å². The molecule has 61 heavy (non-hydrogen) atoms. The Morgan fingerprint density at radius 1 is 0.885 bits per heavy atom. The summed E-state index contributed by atoms with van der Waals surface area (Å²) in [5.41, 5.74) is -2.30. The molecule has 0 bridgehead atoms. The van der Waals surface area contributed by atoms with Gasteiger partial charge in [0.05, 0.1) is 23.5 Å². The van der Waals surface area contributed by atoms with E-state index in [9.17, 15) is 27.6 Å². The molecule has 2 aliphatic heterocycles. The van der Waals surface area contributed by atoms with E-state index in [1.807, 2.05) is 20.8 Å². The first-order valence-electron chi connectivity index (χ1n) is 23.8. The molecule has 12 nitrogen and oxygen atoms in total. The van der Waals surface area contributed by atoms with E-state index in [4.69, 9.17) is 0 Å². The number of hydrogen-bond acceptors (Lipinski definition) is 8. The molecule has 344 valence electrons. The molecular weight excluding hydrogens is 791 g/mol. The van der Waals surface area contributed by atoms with Crippen molar-refractivity contribution in [3.05, 3.63) is 12.7 Å². The normalized spacial score (nSPS) is 30.9. The Labute approximate surface area is 367 Å². The van der Waals surface area contributed by atoms with Crippen molar-refractivity contribution < 1.29 is 32.4 Å². The Morgan fingerprint density at radius 3 is 2.03 bits per heavy atom. The van der Waals surface area contributed by atoms with Gasteiger partial charge in [0.1, 0.15) is 0 Å². The van der Waals surface area contributed by atoms with E-state index in [1.165, 1.54) is 4.31 Å². The average Bonchev–Trinajstić information content (AvgIpc) is 3.90. The highest BCUT2D eigenvalue weighted by atomic mass is 32.2. The number of fused-ring (bicyclic) bond motifs is 1. The van der Waals surface area contributed by atoms with Crippen LogP contribution in [0.3, 0.4) is 0 Å². The number of carbonyl (C=O) groups is 5. The van der Waals surface area contributed by atoms with Crippen molar-refractivity contribution in [3.8, 4) is 0 Å². The van der Waals surface area contributed by atoms with Crippen LogP contribution >= 0.6 is 0 Å². The van der Waals surface area contributed by atoms with Crippen molar-refractivity contribution in [1.29, 1.82) is 0 Å². The summed E-state index contributed by atoms with van der Waals surface area (Å²) >= 11 is 0. The monoisotopic (exact) mass is 870 g/mol. The summed E-state index contributed by atoms with van der Waals surface area (Å²) in [6.07, 6.45) is 12.9. The van der Waals surface area contributed by atoms with Crippen molar-refractivity contribution in [1.82, 2.24) is 24.1 Å². The van der Waals surface area contributed by atoms with Gasteiger partial charge >= 0.3 is 10.2 Å². The molecule has 7 atom stereocenters. The van der Waals surface area contributed by atoms with E-state index in [2.05, 4.69) is 49.2 Å². The highest BCUT2D eigenvalue weighted by Gasteiger charge is 2.85. The zero-order valence-electron chi connectivity index (χ0n) is 39.2. The van der Waals surface area contributed by atoms with Crippen LogP contribution in [-0.2, 0) is 34.2 Å². The number of piperidine rings is 1. The Morgan fingerprint density at radius 2 is 1.52 bits per heavy atom. The number of likely N-dealkylation sites (tertiary alicyclic amines) is 2. The lowest BCUT2D eigenvalue weighted by molar-refractivity contribution is -0.147. The van der Waals surface area contributed by atoms with E-state index >= 15 is 4.79 Å². The van der Waals surface area contributed by atoms with Crippen LogP contribution in [-0.4, -0.2) is 102 Å². The summed E-state index contributed by atoms with van der Waals surface area (Å²) < 4.78 is 30.3. The number of allylic oxidation sites excluding steroid dienone is 1. The molecule has 2 heterocycles. The van der Waals surface area contributed by atoms with Crippen LogP contribution in [0.1, 0.15) is 166 Å². The lowest BCUT2D eigenvalue weighted by Crippen LogP contribution is -2.57. The third kappa shape index (κ3) is 8.44. The number of amides is 3. The molecule has 3 amide bonds. The zero-order chi connectivity index (χ0) is 45.1. The van der Waals surface area contributed by atoms with E-state index < -0.39 is 44.9 Å². The van der Waals surface area contributed by atoms with Gasteiger partial charge in [-0.3, -0.25) is 28.9 Å². The molecule has 2 spiro atoms. The third-order valence-electron chi connectivity index (χ3n) is 17.3. The molecule has 0 aromatic rings. The second kappa shape index (κ2) is 17.4. The van der Waals surface area contributed by atoms with Gasteiger partial charge in [-0.2, -0.15) is 12.7 Å². The van der Waals surface area contributed by atoms with Crippen LogP contribution in [0.25, 0.3) is 0 Å². The minimum atomic E-state index is -4.17. The topological polar surface area (TPSA) is 153 Å². The number of ketones is 2. The Kier molecular flexibility index (Phi) is 13.6. The second-order valence-corrected chi connectivity index (χ2v) is 23.8. The minimum Gasteiger partial charge on any atom is -0.345 e. The molecule has 0 aromatic heterocycles. The van der Waals surface area contributed by atoms with Gasteiger partial charge < -0.3 is 10.2 Å². The SMILES string of the molecule is C=C[C@@H]1C[C@]1(CC(=O)[C@@H]1C[C@@]2(CN1C(=O)[C@@H](CC(=O)[C@@H](NC(=O)[C@@H]1CCCCN1C(C)C)C1CCCCC1)C(C)(C)C)C(C)(C)C21CCC1)C(=O)NS(=O)(=O)N(CC)C(C)C. The summed E-state index contributed by atoms with van der Waals surface area (Å²) in [6, 6.07) is -1.97. The van der Waals surface area contributed by atoms with Crippen molar-refractivity contribution in [2.24, 2.45) is 44.8 Å². The quantitative estimate of drug-likeness (QED) is 0.149. The first kappa shape index (κ1) is 47.8. The van der Waals surface area contributed by atoms with Crippen molar-refractivity contribution >= 4 is 39.5 Å². The van der Waals surface area contributed by atoms with Gasteiger partial charge in [-0.25, -0.2) is 4.72 Å². The molecule has 0 aromatic carbocycles. The fraction of sp³-hybridized carbons (Fsp3) is 0.854.